The van der Waals surface area contributed by atoms with Gasteiger partial charge in [-0.1, -0.05) is 18.7 Å². The monoisotopic (exact) mass is 429 g/mol. The molecule has 162 valence electrons. The van der Waals surface area contributed by atoms with Crippen molar-refractivity contribution in [3.05, 3.63) is 82.1 Å². The molecule has 0 aliphatic carbocycles. The fourth-order valence-corrected chi connectivity index (χ4v) is 3.74. The zero-order valence-electron chi connectivity index (χ0n) is 18.2. The normalized spacial score (nSPS) is 12.4. The highest BCUT2D eigenvalue weighted by Crippen LogP contribution is 2.34. The number of pyridine rings is 2. The molecule has 0 saturated carbocycles. The van der Waals surface area contributed by atoms with Gasteiger partial charge in [0, 0.05) is 14.2 Å². The summed E-state index contributed by atoms with van der Waals surface area (Å²) in [7, 11) is 5.01. The van der Waals surface area contributed by atoms with E-state index < -0.39 is 0 Å². The second kappa shape index (κ2) is 9.04. The SMILES string of the molecule is [C-]#[N+]c1cccc(Cc2cc(Nc3ccc(COC)cc3OC)c3c(n2)CN(C)C3=O)n1. The minimum absolute atomic E-state index is 0.0790. The standard InChI is InChI=1S/C24H23N5O3/c1-25-22-7-5-6-16(27-22)11-17-12-19(23-20(26-17)13-29(2)24(23)30)28-18-9-8-15(14-31-3)10-21(18)32-4/h5-10,12H,11,13-14H2,2-4H3,(H,26,28). The molecule has 1 aromatic carbocycles. The first-order chi connectivity index (χ1) is 15.5. The number of nitrogens with one attached hydrogen (secondary N) is 1. The minimum atomic E-state index is -0.0790. The van der Waals surface area contributed by atoms with Crippen LogP contribution in [0.15, 0.2) is 42.5 Å². The molecule has 1 N–H and O–H groups in total. The van der Waals surface area contributed by atoms with E-state index in [2.05, 4.69) is 15.1 Å². The average Bonchev–Trinajstić information content (AvgIpc) is 3.08. The maximum absolute atomic E-state index is 12.8. The largest absolute Gasteiger partial charge is 0.495 e. The Hall–Kier alpha value is -3.96. The molecule has 1 aliphatic heterocycles. The van der Waals surface area contributed by atoms with Crippen molar-refractivity contribution in [1.29, 1.82) is 0 Å². The molecular weight excluding hydrogens is 406 g/mol. The second-order valence-electron chi connectivity index (χ2n) is 7.51. The van der Waals surface area contributed by atoms with Crippen molar-refractivity contribution in [3.63, 3.8) is 0 Å². The van der Waals surface area contributed by atoms with E-state index in [9.17, 15) is 4.79 Å². The molecule has 0 unspecified atom stereocenters. The van der Waals surface area contributed by atoms with Crippen LogP contribution in [0.2, 0.25) is 0 Å². The van der Waals surface area contributed by atoms with Crippen molar-refractivity contribution in [2.45, 2.75) is 19.6 Å². The van der Waals surface area contributed by atoms with Crippen LogP contribution >= 0.6 is 0 Å². The van der Waals surface area contributed by atoms with Gasteiger partial charge in [-0.15, -0.1) is 4.98 Å². The zero-order valence-corrected chi connectivity index (χ0v) is 18.2. The number of fused-ring (bicyclic) bond motifs is 1. The number of anilines is 2. The van der Waals surface area contributed by atoms with Crippen molar-refractivity contribution in [1.82, 2.24) is 14.9 Å². The average molecular weight is 429 g/mol. The van der Waals surface area contributed by atoms with Crippen molar-refractivity contribution < 1.29 is 14.3 Å². The summed E-state index contributed by atoms with van der Waals surface area (Å²) in [5, 5.41) is 3.37. The van der Waals surface area contributed by atoms with Gasteiger partial charge in [0.15, 0.2) is 0 Å². The smallest absolute Gasteiger partial charge is 0.269 e. The van der Waals surface area contributed by atoms with Crippen molar-refractivity contribution in [2.75, 3.05) is 26.6 Å². The molecule has 32 heavy (non-hydrogen) atoms. The zero-order chi connectivity index (χ0) is 22.7. The van der Waals surface area contributed by atoms with Gasteiger partial charge >= 0.3 is 0 Å². The summed E-state index contributed by atoms with van der Waals surface area (Å²) in [6, 6.07) is 13.0. The lowest BCUT2D eigenvalue weighted by Gasteiger charge is -2.15. The predicted octanol–water partition coefficient (Wildman–Crippen LogP) is 4.10. The number of nitrogens with zero attached hydrogens (tertiary/aromatic N) is 4. The highest BCUT2D eigenvalue weighted by atomic mass is 16.5. The summed E-state index contributed by atoms with van der Waals surface area (Å²) in [6.45, 7) is 8.10. The number of hydrogen-bond donors (Lipinski definition) is 1. The van der Waals surface area contributed by atoms with E-state index in [0.29, 0.717) is 48.1 Å². The van der Waals surface area contributed by atoms with Crippen LogP contribution < -0.4 is 10.1 Å². The molecule has 0 fully saturated rings. The Kier molecular flexibility index (Phi) is 6.01. The predicted molar refractivity (Wildman–Crippen MR) is 120 cm³/mol. The Morgan fingerprint density at radius 3 is 2.72 bits per heavy atom. The Morgan fingerprint density at radius 1 is 1.12 bits per heavy atom. The quantitative estimate of drug-likeness (QED) is 0.570. The molecule has 4 rings (SSSR count). The first-order valence-corrected chi connectivity index (χ1v) is 10.1. The van der Waals surface area contributed by atoms with Crippen molar-refractivity contribution >= 4 is 23.1 Å². The number of aromatic nitrogens is 2. The van der Waals surface area contributed by atoms with Gasteiger partial charge in [-0.25, -0.2) is 0 Å². The van der Waals surface area contributed by atoms with Crippen molar-refractivity contribution in [3.8, 4) is 5.75 Å². The molecule has 2 aromatic heterocycles. The summed E-state index contributed by atoms with van der Waals surface area (Å²) in [5.74, 6) is 0.916. The summed E-state index contributed by atoms with van der Waals surface area (Å²) < 4.78 is 10.8. The van der Waals surface area contributed by atoms with Crippen LogP contribution in [-0.4, -0.2) is 42.0 Å². The van der Waals surface area contributed by atoms with Crippen LogP contribution in [0.5, 0.6) is 5.75 Å². The molecule has 8 nitrogen and oxygen atoms in total. The van der Waals surface area contributed by atoms with E-state index in [0.717, 1.165) is 22.6 Å². The molecule has 3 heterocycles. The van der Waals surface area contributed by atoms with E-state index in [-0.39, 0.29) is 5.91 Å². The number of carbonyl (C=O) groups excluding carboxylic acids is 1. The summed E-state index contributed by atoms with van der Waals surface area (Å²) in [5.41, 5.74) is 5.17. The Balaban J connectivity index is 1.73. The van der Waals surface area contributed by atoms with E-state index in [1.165, 1.54) is 0 Å². The van der Waals surface area contributed by atoms with E-state index >= 15 is 0 Å². The molecule has 0 bridgehead atoms. The number of rotatable bonds is 7. The number of benzene rings is 1. The van der Waals surface area contributed by atoms with Crippen LogP contribution in [0, 0.1) is 6.57 Å². The molecule has 0 spiro atoms. The number of ether oxygens (including phenoxy) is 2. The van der Waals surface area contributed by atoms with Crippen LogP contribution in [0.3, 0.4) is 0 Å². The van der Waals surface area contributed by atoms with Gasteiger partial charge in [0.25, 0.3) is 11.7 Å². The molecular formula is C24H23N5O3. The van der Waals surface area contributed by atoms with Crippen LogP contribution in [0.25, 0.3) is 4.85 Å². The lowest BCUT2D eigenvalue weighted by Crippen LogP contribution is -2.18. The first-order valence-electron chi connectivity index (χ1n) is 10.1. The summed E-state index contributed by atoms with van der Waals surface area (Å²) in [6.07, 6.45) is 0.452. The highest BCUT2D eigenvalue weighted by Gasteiger charge is 2.30. The van der Waals surface area contributed by atoms with Crippen LogP contribution in [0.1, 0.15) is 33.0 Å². The Labute approximate surface area is 186 Å². The van der Waals surface area contributed by atoms with E-state index in [1.54, 1.807) is 32.2 Å². The van der Waals surface area contributed by atoms with Gasteiger partial charge in [-0.3, -0.25) is 9.78 Å². The molecule has 0 saturated heterocycles. The van der Waals surface area contributed by atoms with Crippen molar-refractivity contribution in [2.24, 2.45) is 0 Å². The molecule has 1 aliphatic rings. The van der Waals surface area contributed by atoms with Gasteiger partial charge in [-0.2, -0.15) is 0 Å². The van der Waals surface area contributed by atoms with Gasteiger partial charge in [-0.05, 0) is 35.9 Å². The summed E-state index contributed by atoms with van der Waals surface area (Å²) >= 11 is 0. The third-order valence-corrected chi connectivity index (χ3v) is 5.21. The molecule has 0 radical (unpaired) electrons. The fourth-order valence-electron chi connectivity index (χ4n) is 3.74. The first kappa shape index (κ1) is 21.3. The number of methoxy groups -OCH3 is 2. The number of amides is 1. The van der Waals surface area contributed by atoms with E-state index in [4.69, 9.17) is 21.0 Å². The molecule has 8 heteroatoms. The van der Waals surface area contributed by atoms with E-state index in [1.807, 2.05) is 36.4 Å². The summed E-state index contributed by atoms with van der Waals surface area (Å²) in [4.78, 5) is 26.9. The van der Waals surface area contributed by atoms with Gasteiger partial charge in [0.2, 0.25) is 0 Å². The number of carbonyl (C=O) groups is 1. The molecule has 1 amide bonds. The topological polar surface area (TPSA) is 80.9 Å². The third kappa shape index (κ3) is 4.24. The molecule has 3 aromatic rings. The van der Waals surface area contributed by atoms with Gasteiger partial charge < -0.3 is 24.5 Å². The highest BCUT2D eigenvalue weighted by molar-refractivity contribution is 6.03. The maximum Gasteiger partial charge on any atom is 0.269 e. The second-order valence-corrected chi connectivity index (χ2v) is 7.51. The fraction of sp³-hybridized carbons (Fsp3) is 0.250. The lowest BCUT2D eigenvalue weighted by atomic mass is 10.1. The van der Waals surface area contributed by atoms with Crippen LogP contribution in [0.4, 0.5) is 17.2 Å². The lowest BCUT2D eigenvalue weighted by molar-refractivity contribution is 0.0817. The minimum Gasteiger partial charge on any atom is -0.495 e. The maximum atomic E-state index is 12.8. The number of hydrogen-bond acceptors (Lipinski definition) is 6. The molecule has 0 atom stereocenters. The van der Waals surface area contributed by atoms with Crippen LogP contribution in [-0.2, 0) is 24.3 Å². The third-order valence-electron chi connectivity index (χ3n) is 5.21. The Bertz CT molecular complexity index is 1220. The van der Waals surface area contributed by atoms with Gasteiger partial charge in [0.05, 0.1) is 55.0 Å². The Morgan fingerprint density at radius 2 is 1.97 bits per heavy atom. The van der Waals surface area contributed by atoms with Gasteiger partial charge in [0.1, 0.15) is 11.4 Å².